The van der Waals surface area contributed by atoms with Crippen LogP contribution in [0.4, 0.5) is 5.69 Å². The molecule has 1 aromatic heterocycles. The number of thioether (sulfide) groups is 1. The smallest absolute Gasteiger partial charge is 0.258 e. The molecule has 0 saturated heterocycles. The Morgan fingerprint density at radius 3 is 2.60 bits per heavy atom. The van der Waals surface area contributed by atoms with Gasteiger partial charge in [-0.3, -0.25) is 10.1 Å². The SMILES string of the molecule is N#Cc1nc(SCc2ccc(Cl)cc2)ccc1[N+](=O)[O-]. The van der Waals surface area contributed by atoms with Gasteiger partial charge in [0.2, 0.25) is 5.69 Å². The lowest BCUT2D eigenvalue weighted by atomic mass is 10.2. The van der Waals surface area contributed by atoms with Crippen LogP contribution in [0.2, 0.25) is 5.02 Å². The lowest BCUT2D eigenvalue weighted by Gasteiger charge is -2.02. The molecule has 0 aliphatic rings. The van der Waals surface area contributed by atoms with Crippen LogP contribution in [-0.4, -0.2) is 9.91 Å². The summed E-state index contributed by atoms with van der Waals surface area (Å²) in [4.78, 5) is 14.1. The number of benzene rings is 1. The van der Waals surface area contributed by atoms with Crippen molar-refractivity contribution in [3.63, 3.8) is 0 Å². The molecule has 2 rings (SSSR count). The van der Waals surface area contributed by atoms with Crippen molar-refractivity contribution in [1.82, 2.24) is 4.98 Å². The summed E-state index contributed by atoms with van der Waals surface area (Å²) in [5.74, 6) is 0.646. The zero-order valence-corrected chi connectivity index (χ0v) is 11.7. The van der Waals surface area contributed by atoms with Crippen LogP contribution < -0.4 is 0 Å². The fraction of sp³-hybridized carbons (Fsp3) is 0.0769. The van der Waals surface area contributed by atoms with E-state index in [0.29, 0.717) is 15.8 Å². The molecule has 2 aromatic rings. The molecular formula is C13H8ClN3O2S. The summed E-state index contributed by atoms with van der Waals surface area (Å²) < 4.78 is 0. The molecule has 1 heterocycles. The Labute approximate surface area is 124 Å². The van der Waals surface area contributed by atoms with E-state index in [-0.39, 0.29) is 11.4 Å². The average molecular weight is 306 g/mol. The fourth-order valence-corrected chi connectivity index (χ4v) is 2.43. The van der Waals surface area contributed by atoms with Gasteiger partial charge < -0.3 is 0 Å². The minimum atomic E-state index is -0.612. The van der Waals surface area contributed by atoms with E-state index in [0.717, 1.165) is 5.56 Å². The topological polar surface area (TPSA) is 79.8 Å². The van der Waals surface area contributed by atoms with Gasteiger partial charge in [-0.1, -0.05) is 23.7 Å². The second-order valence-electron chi connectivity index (χ2n) is 3.80. The predicted molar refractivity (Wildman–Crippen MR) is 76.6 cm³/mol. The first kappa shape index (κ1) is 14.3. The van der Waals surface area contributed by atoms with E-state index in [1.54, 1.807) is 24.3 Å². The summed E-state index contributed by atoms with van der Waals surface area (Å²) in [7, 11) is 0. The summed E-state index contributed by atoms with van der Waals surface area (Å²) in [5, 5.41) is 20.8. The van der Waals surface area contributed by atoms with E-state index in [1.807, 2.05) is 12.1 Å². The van der Waals surface area contributed by atoms with Crippen molar-refractivity contribution < 1.29 is 4.92 Å². The van der Waals surface area contributed by atoms with Crippen LogP contribution in [0.15, 0.2) is 41.4 Å². The Hall–Kier alpha value is -2.10. The molecule has 0 aliphatic heterocycles. The standard InChI is InChI=1S/C13H8ClN3O2S/c14-10-3-1-9(2-4-10)8-20-13-6-5-12(17(18)19)11(7-15)16-13/h1-6H,8H2. The maximum absolute atomic E-state index is 10.7. The Kier molecular flexibility index (Phi) is 4.56. The van der Waals surface area contributed by atoms with Gasteiger partial charge in [-0.2, -0.15) is 5.26 Å². The highest BCUT2D eigenvalue weighted by molar-refractivity contribution is 7.98. The number of halogens is 1. The third-order valence-corrected chi connectivity index (χ3v) is 3.70. The van der Waals surface area contributed by atoms with Gasteiger partial charge in [0.15, 0.2) is 0 Å². The van der Waals surface area contributed by atoms with E-state index < -0.39 is 4.92 Å². The minimum Gasteiger partial charge on any atom is -0.258 e. The van der Waals surface area contributed by atoms with E-state index in [1.165, 1.54) is 17.8 Å². The first-order valence-electron chi connectivity index (χ1n) is 5.53. The first-order valence-corrected chi connectivity index (χ1v) is 6.89. The Balaban J connectivity index is 2.12. The average Bonchev–Trinajstić information content (AvgIpc) is 2.46. The number of pyridine rings is 1. The molecule has 0 N–H and O–H groups in total. The molecule has 1 aromatic carbocycles. The number of nitrogens with zero attached hydrogens (tertiary/aromatic N) is 3. The summed E-state index contributed by atoms with van der Waals surface area (Å²) in [5.41, 5.74) is 0.609. The highest BCUT2D eigenvalue weighted by Gasteiger charge is 2.15. The fourth-order valence-electron chi connectivity index (χ4n) is 1.48. The zero-order valence-electron chi connectivity index (χ0n) is 10.1. The van der Waals surface area contributed by atoms with Crippen molar-refractivity contribution in [2.24, 2.45) is 0 Å². The molecule has 0 spiro atoms. The van der Waals surface area contributed by atoms with Gasteiger partial charge >= 0.3 is 5.69 Å². The summed E-state index contributed by atoms with van der Waals surface area (Å²) in [6.07, 6.45) is 0. The number of rotatable bonds is 4. The van der Waals surface area contributed by atoms with Crippen molar-refractivity contribution in [2.45, 2.75) is 10.8 Å². The van der Waals surface area contributed by atoms with Gasteiger partial charge in [-0.25, -0.2) is 4.98 Å². The van der Waals surface area contributed by atoms with Crippen LogP contribution in [-0.2, 0) is 5.75 Å². The molecule has 100 valence electrons. The van der Waals surface area contributed by atoms with Crippen LogP contribution in [0.25, 0.3) is 0 Å². The Morgan fingerprint density at radius 2 is 2.00 bits per heavy atom. The van der Waals surface area contributed by atoms with Crippen LogP contribution >= 0.6 is 23.4 Å². The molecular weight excluding hydrogens is 298 g/mol. The van der Waals surface area contributed by atoms with E-state index >= 15 is 0 Å². The molecule has 20 heavy (non-hydrogen) atoms. The van der Waals surface area contributed by atoms with Gasteiger partial charge in [0.05, 0.1) is 9.95 Å². The Morgan fingerprint density at radius 1 is 1.30 bits per heavy atom. The third kappa shape index (κ3) is 3.47. The van der Waals surface area contributed by atoms with E-state index in [9.17, 15) is 10.1 Å². The Bertz CT molecular complexity index is 683. The molecule has 0 amide bonds. The van der Waals surface area contributed by atoms with Crippen molar-refractivity contribution in [3.8, 4) is 6.07 Å². The van der Waals surface area contributed by atoms with Crippen LogP contribution in [0.1, 0.15) is 11.3 Å². The van der Waals surface area contributed by atoms with Crippen LogP contribution in [0.3, 0.4) is 0 Å². The van der Waals surface area contributed by atoms with Gasteiger partial charge in [-0.15, -0.1) is 11.8 Å². The van der Waals surface area contributed by atoms with Crippen LogP contribution in [0.5, 0.6) is 0 Å². The van der Waals surface area contributed by atoms with Crippen molar-refractivity contribution in [1.29, 1.82) is 5.26 Å². The highest BCUT2D eigenvalue weighted by Crippen LogP contribution is 2.25. The van der Waals surface area contributed by atoms with E-state index in [4.69, 9.17) is 16.9 Å². The molecule has 0 aliphatic carbocycles. The van der Waals surface area contributed by atoms with Crippen LogP contribution in [0, 0.1) is 21.4 Å². The number of hydrogen-bond acceptors (Lipinski definition) is 5. The summed E-state index contributed by atoms with van der Waals surface area (Å²) >= 11 is 7.20. The predicted octanol–water partition coefficient (Wildman–Crippen LogP) is 3.81. The summed E-state index contributed by atoms with van der Waals surface area (Å²) in [6, 6.07) is 12.0. The number of nitriles is 1. The maximum Gasteiger partial charge on any atom is 0.305 e. The second kappa shape index (κ2) is 6.37. The lowest BCUT2D eigenvalue weighted by Crippen LogP contribution is -1.96. The molecule has 0 fully saturated rings. The van der Waals surface area contributed by atoms with Gasteiger partial charge in [0.1, 0.15) is 6.07 Å². The van der Waals surface area contributed by atoms with E-state index in [2.05, 4.69) is 4.98 Å². The first-order chi connectivity index (χ1) is 9.60. The van der Waals surface area contributed by atoms with Gasteiger partial charge in [-0.05, 0) is 23.8 Å². The van der Waals surface area contributed by atoms with Gasteiger partial charge in [0, 0.05) is 16.8 Å². The van der Waals surface area contributed by atoms with Crippen molar-refractivity contribution in [3.05, 3.63) is 62.8 Å². The second-order valence-corrected chi connectivity index (χ2v) is 5.23. The number of aromatic nitrogens is 1. The molecule has 7 heteroatoms. The van der Waals surface area contributed by atoms with Crippen molar-refractivity contribution >= 4 is 29.1 Å². The van der Waals surface area contributed by atoms with Crippen molar-refractivity contribution in [2.75, 3.05) is 0 Å². The molecule has 0 atom stereocenters. The normalized spacial score (nSPS) is 10.0. The number of hydrogen-bond donors (Lipinski definition) is 0. The molecule has 0 radical (unpaired) electrons. The molecule has 0 saturated carbocycles. The molecule has 0 bridgehead atoms. The summed E-state index contributed by atoms with van der Waals surface area (Å²) in [6.45, 7) is 0. The monoisotopic (exact) mass is 305 g/mol. The maximum atomic E-state index is 10.7. The lowest BCUT2D eigenvalue weighted by molar-refractivity contribution is -0.385. The molecule has 5 nitrogen and oxygen atoms in total. The van der Waals surface area contributed by atoms with Gasteiger partial charge in [0.25, 0.3) is 0 Å². The zero-order chi connectivity index (χ0) is 14.5. The largest absolute Gasteiger partial charge is 0.305 e. The highest BCUT2D eigenvalue weighted by atomic mass is 35.5. The quantitative estimate of drug-likeness (QED) is 0.487. The minimum absolute atomic E-state index is 0.170. The third-order valence-electron chi connectivity index (χ3n) is 2.45. The molecule has 0 unspecified atom stereocenters. The number of nitro groups is 1.